The van der Waals surface area contributed by atoms with Crippen molar-refractivity contribution < 1.29 is 9.21 Å². The number of hydrogen-bond donors (Lipinski definition) is 2. The van der Waals surface area contributed by atoms with Gasteiger partial charge in [0.2, 0.25) is 5.91 Å². The number of aromatic amines is 1. The van der Waals surface area contributed by atoms with Crippen molar-refractivity contribution in [2.45, 2.75) is 39.8 Å². The lowest BCUT2D eigenvalue weighted by molar-refractivity contribution is -0.116. The maximum absolute atomic E-state index is 12.2. The zero-order valence-electron chi connectivity index (χ0n) is 13.2. The average Bonchev–Trinajstić information content (AvgIpc) is 2.98. The largest absolute Gasteiger partial charge is 0.467 e. The second-order valence-electron chi connectivity index (χ2n) is 5.18. The number of rotatable bonds is 6. The molecule has 0 aliphatic rings. The summed E-state index contributed by atoms with van der Waals surface area (Å²) in [4.78, 5) is 39.5. The van der Waals surface area contributed by atoms with Crippen LogP contribution in [0.25, 0.3) is 0 Å². The minimum absolute atomic E-state index is 0.0195. The molecule has 0 aliphatic carbocycles. The molecule has 0 atom stereocenters. The standard InChI is InChI=1S/C15H20N4O4/c1-3-4-7-18-13(16)12(14(21)17-15(18)22)19(10(2)20)9-11-6-5-8-23-11/h5-6,8H,3-4,7,9,16H2,1-2H3,(H,17,21,22). The van der Waals surface area contributed by atoms with E-state index >= 15 is 0 Å². The monoisotopic (exact) mass is 320 g/mol. The second kappa shape index (κ2) is 6.99. The molecule has 23 heavy (non-hydrogen) atoms. The number of aromatic nitrogens is 2. The van der Waals surface area contributed by atoms with Crippen LogP contribution in [0.1, 0.15) is 32.4 Å². The lowest BCUT2D eigenvalue weighted by Gasteiger charge is -2.22. The number of nitrogens with two attached hydrogens (primary N) is 1. The third-order valence-corrected chi connectivity index (χ3v) is 3.49. The predicted octanol–water partition coefficient (Wildman–Crippen LogP) is 1.07. The Morgan fingerprint density at radius 2 is 2.17 bits per heavy atom. The van der Waals surface area contributed by atoms with Gasteiger partial charge in [-0.2, -0.15) is 0 Å². The first-order chi connectivity index (χ1) is 11.0. The minimum Gasteiger partial charge on any atom is -0.467 e. The number of unbranched alkanes of at least 4 members (excludes halogenated alkanes) is 1. The molecule has 3 N–H and O–H groups in total. The Morgan fingerprint density at radius 3 is 2.74 bits per heavy atom. The van der Waals surface area contributed by atoms with Crippen LogP contribution < -0.4 is 21.9 Å². The normalized spacial score (nSPS) is 10.7. The third-order valence-electron chi connectivity index (χ3n) is 3.49. The summed E-state index contributed by atoms with van der Waals surface area (Å²) in [6.07, 6.45) is 3.07. The predicted molar refractivity (Wildman–Crippen MR) is 86.2 cm³/mol. The van der Waals surface area contributed by atoms with E-state index in [0.717, 1.165) is 12.8 Å². The first-order valence-corrected chi connectivity index (χ1v) is 7.38. The Labute approximate surface area is 132 Å². The molecule has 0 fully saturated rings. The van der Waals surface area contributed by atoms with Gasteiger partial charge in [-0.1, -0.05) is 13.3 Å². The quantitative estimate of drug-likeness (QED) is 0.826. The van der Waals surface area contributed by atoms with Gasteiger partial charge in [0, 0.05) is 13.5 Å². The van der Waals surface area contributed by atoms with Gasteiger partial charge in [-0.25, -0.2) is 4.79 Å². The molecule has 8 heteroatoms. The number of nitrogens with zero attached hydrogens (tertiary/aromatic N) is 2. The van der Waals surface area contributed by atoms with E-state index in [1.807, 2.05) is 6.92 Å². The van der Waals surface area contributed by atoms with Crippen molar-refractivity contribution in [3.63, 3.8) is 0 Å². The lowest BCUT2D eigenvalue weighted by atomic mass is 10.3. The topological polar surface area (TPSA) is 114 Å². The van der Waals surface area contributed by atoms with Crippen molar-refractivity contribution in [1.29, 1.82) is 0 Å². The van der Waals surface area contributed by atoms with E-state index in [4.69, 9.17) is 10.2 Å². The Hall–Kier alpha value is -2.77. The van der Waals surface area contributed by atoms with Crippen LogP contribution in [0, 0.1) is 0 Å². The summed E-state index contributed by atoms with van der Waals surface area (Å²) in [6.45, 7) is 3.73. The number of nitrogen functional groups attached to an aromatic ring is 1. The zero-order valence-corrected chi connectivity index (χ0v) is 13.2. The molecule has 0 saturated heterocycles. The number of hydrogen-bond acceptors (Lipinski definition) is 5. The van der Waals surface area contributed by atoms with Crippen LogP contribution in [0.3, 0.4) is 0 Å². The van der Waals surface area contributed by atoms with E-state index in [9.17, 15) is 14.4 Å². The molecule has 0 saturated carbocycles. The van der Waals surface area contributed by atoms with Crippen molar-refractivity contribution in [2.24, 2.45) is 0 Å². The highest BCUT2D eigenvalue weighted by molar-refractivity contribution is 5.93. The zero-order chi connectivity index (χ0) is 17.0. The summed E-state index contributed by atoms with van der Waals surface area (Å²) in [5, 5.41) is 0. The van der Waals surface area contributed by atoms with Gasteiger partial charge < -0.3 is 10.2 Å². The Bertz CT molecular complexity index is 789. The Morgan fingerprint density at radius 1 is 1.43 bits per heavy atom. The highest BCUT2D eigenvalue weighted by Gasteiger charge is 2.22. The molecule has 2 rings (SSSR count). The fourth-order valence-electron chi connectivity index (χ4n) is 2.28. The Balaban J connectivity index is 2.52. The number of nitrogens with one attached hydrogen (secondary N) is 1. The molecule has 0 unspecified atom stereocenters. The van der Waals surface area contributed by atoms with Gasteiger partial charge in [0.05, 0.1) is 12.8 Å². The molecule has 1 amide bonds. The highest BCUT2D eigenvalue weighted by atomic mass is 16.3. The van der Waals surface area contributed by atoms with Gasteiger partial charge in [0.25, 0.3) is 5.56 Å². The van der Waals surface area contributed by atoms with E-state index in [1.165, 1.54) is 22.7 Å². The molecule has 0 aromatic carbocycles. The maximum Gasteiger partial charge on any atom is 0.330 e. The summed E-state index contributed by atoms with van der Waals surface area (Å²) in [5.74, 6) is 0.110. The molecule has 0 bridgehead atoms. The number of carbonyl (C=O) groups excluding carboxylic acids is 1. The molecule has 0 radical (unpaired) electrons. The Kier molecular flexibility index (Phi) is 5.05. The van der Waals surface area contributed by atoms with Crippen molar-refractivity contribution in [3.05, 3.63) is 45.0 Å². The molecular formula is C15H20N4O4. The summed E-state index contributed by atoms with van der Waals surface area (Å²) < 4.78 is 6.49. The SMILES string of the molecule is CCCCn1c(N)c(N(Cc2ccco2)C(C)=O)c(=O)[nH]c1=O. The van der Waals surface area contributed by atoms with Gasteiger partial charge in [0.15, 0.2) is 5.69 Å². The van der Waals surface area contributed by atoms with E-state index in [0.29, 0.717) is 12.3 Å². The van der Waals surface area contributed by atoms with Crippen LogP contribution in [-0.4, -0.2) is 15.5 Å². The molecule has 8 nitrogen and oxygen atoms in total. The van der Waals surface area contributed by atoms with E-state index in [2.05, 4.69) is 4.98 Å². The van der Waals surface area contributed by atoms with Gasteiger partial charge in [-0.15, -0.1) is 0 Å². The number of carbonyl (C=O) groups is 1. The van der Waals surface area contributed by atoms with Gasteiger partial charge in [0.1, 0.15) is 11.6 Å². The summed E-state index contributed by atoms with van der Waals surface area (Å²) in [5.41, 5.74) is 4.70. The molecule has 2 heterocycles. The van der Waals surface area contributed by atoms with Crippen molar-refractivity contribution in [1.82, 2.24) is 9.55 Å². The summed E-state index contributed by atoms with van der Waals surface area (Å²) in [6, 6.07) is 3.37. The number of anilines is 2. The molecular weight excluding hydrogens is 300 g/mol. The van der Waals surface area contributed by atoms with Gasteiger partial charge in [-0.05, 0) is 18.6 Å². The maximum atomic E-state index is 12.2. The highest BCUT2D eigenvalue weighted by Crippen LogP contribution is 2.20. The minimum atomic E-state index is -0.693. The first kappa shape index (κ1) is 16.6. The van der Waals surface area contributed by atoms with Crippen LogP contribution in [0.2, 0.25) is 0 Å². The van der Waals surface area contributed by atoms with Gasteiger partial charge >= 0.3 is 5.69 Å². The lowest BCUT2D eigenvalue weighted by Crippen LogP contribution is -2.40. The number of H-pyrrole nitrogens is 1. The van der Waals surface area contributed by atoms with Crippen LogP contribution in [0.4, 0.5) is 11.5 Å². The van der Waals surface area contributed by atoms with Crippen LogP contribution in [0.15, 0.2) is 32.4 Å². The summed E-state index contributed by atoms with van der Waals surface area (Å²) in [7, 11) is 0. The third kappa shape index (κ3) is 3.53. The molecule has 0 aliphatic heterocycles. The molecule has 2 aromatic rings. The van der Waals surface area contributed by atoms with Crippen LogP contribution in [0.5, 0.6) is 0 Å². The summed E-state index contributed by atoms with van der Waals surface area (Å²) >= 11 is 0. The van der Waals surface area contributed by atoms with Crippen LogP contribution >= 0.6 is 0 Å². The average molecular weight is 320 g/mol. The molecule has 0 spiro atoms. The smallest absolute Gasteiger partial charge is 0.330 e. The van der Waals surface area contributed by atoms with Crippen LogP contribution in [-0.2, 0) is 17.9 Å². The van der Waals surface area contributed by atoms with Crippen molar-refractivity contribution in [3.8, 4) is 0 Å². The van der Waals surface area contributed by atoms with Gasteiger partial charge in [-0.3, -0.25) is 24.0 Å². The van der Waals surface area contributed by atoms with E-state index in [1.54, 1.807) is 12.1 Å². The number of furan rings is 1. The molecule has 124 valence electrons. The van der Waals surface area contributed by atoms with Crippen molar-refractivity contribution in [2.75, 3.05) is 10.6 Å². The molecule has 2 aromatic heterocycles. The van der Waals surface area contributed by atoms with E-state index in [-0.39, 0.29) is 24.0 Å². The fourth-order valence-corrected chi connectivity index (χ4v) is 2.28. The number of amides is 1. The van der Waals surface area contributed by atoms with Crippen molar-refractivity contribution >= 4 is 17.4 Å². The first-order valence-electron chi connectivity index (χ1n) is 7.38. The second-order valence-corrected chi connectivity index (χ2v) is 5.18. The van der Waals surface area contributed by atoms with E-state index < -0.39 is 11.2 Å². The fraction of sp³-hybridized carbons (Fsp3) is 0.400.